The molecule has 0 spiro atoms. The largest absolute Gasteiger partial charge is 0.481 e. The molecular weight excluding hydrogens is 322 g/mol. The number of carbonyl (C=O) groups is 2. The van der Waals surface area contributed by atoms with E-state index in [0.717, 1.165) is 25.8 Å². The predicted molar refractivity (Wildman–Crippen MR) is 92.7 cm³/mol. The number of hydrogen-bond donors (Lipinski definition) is 2. The molecule has 0 aromatic carbocycles. The Morgan fingerprint density at radius 3 is 2.96 bits per heavy atom. The van der Waals surface area contributed by atoms with Crippen LogP contribution in [0.3, 0.4) is 0 Å². The fourth-order valence-electron chi connectivity index (χ4n) is 3.34. The average molecular weight is 347 g/mol. The fraction of sp³-hybridized carbons (Fsp3) is 0.611. The van der Waals surface area contributed by atoms with E-state index in [1.807, 2.05) is 4.90 Å². The molecule has 1 atom stereocenters. The van der Waals surface area contributed by atoms with Gasteiger partial charge in [0.05, 0.1) is 5.41 Å². The predicted octanol–water partition coefficient (Wildman–Crippen LogP) is 1.68. The van der Waals surface area contributed by atoms with Crippen molar-refractivity contribution < 1.29 is 19.4 Å². The van der Waals surface area contributed by atoms with Gasteiger partial charge in [-0.3, -0.25) is 9.59 Å². The number of ether oxygens (including phenoxy) is 1. The van der Waals surface area contributed by atoms with Gasteiger partial charge in [-0.15, -0.1) is 0 Å². The van der Waals surface area contributed by atoms with Gasteiger partial charge in [-0.1, -0.05) is 0 Å². The smallest absolute Gasteiger partial charge is 0.311 e. The molecule has 1 aromatic rings. The van der Waals surface area contributed by atoms with Crippen LogP contribution in [-0.2, 0) is 9.53 Å². The number of anilines is 1. The van der Waals surface area contributed by atoms with E-state index < -0.39 is 11.4 Å². The van der Waals surface area contributed by atoms with Crippen LogP contribution in [0.1, 0.15) is 42.5 Å². The van der Waals surface area contributed by atoms with E-state index in [1.165, 1.54) is 0 Å². The molecular formula is C18H25N3O4. The first kappa shape index (κ1) is 17.7. The van der Waals surface area contributed by atoms with Gasteiger partial charge in [0.2, 0.25) is 0 Å². The Balaban J connectivity index is 1.76. The van der Waals surface area contributed by atoms with E-state index in [0.29, 0.717) is 43.4 Å². The molecule has 0 radical (unpaired) electrons. The first-order valence-electron chi connectivity index (χ1n) is 8.78. The second-order valence-corrected chi connectivity index (χ2v) is 7.00. The van der Waals surface area contributed by atoms with Crippen LogP contribution in [0.2, 0.25) is 0 Å². The summed E-state index contributed by atoms with van der Waals surface area (Å²) in [6.45, 7) is 1.53. The third-order valence-electron chi connectivity index (χ3n) is 5.06. The Morgan fingerprint density at radius 1 is 1.48 bits per heavy atom. The quantitative estimate of drug-likeness (QED) is 0.780. The molecule has 1 aliphatic carbocycles. The average Bonchev–Trinajstić information content (AvgIpc) is 3.44. The van der Waals surface area contributed by atoms with Gasteiger partial charge in [0, 0.05) is 44.6 Å². The van der Waals surface area contributed by atoms with E-state index in [-0.39, 0.29) is 5.91 Å². The topological polar surface area (TPSA) is 91.8 Å². The first-order valence-corrected chi connectivity index (χ1v) is 8.78. The Bertz CT molecular complexity index is 647. The van der Waals surface area contributed by atoms with Gasteiger partial charge in [0.15, 0.2) is 0 Å². The van der Waals surface area contributed by atoms with Crippen molar-refractivity contribution in [2.24, 2.45) is 5.41 Å². The number of carboxylic acid groups (broad SMARTS) is 1. The van der Waals surface area contributed by atoms with Crippen LogP contribution in [0.15, 0.2) is 18.3 Å². The molecule has 1 saturated carbocycles. The zero-order valence-corrected chi connectivity index (χ0v) is 14.5. The number of amides is 1. The molecule has 1 aromatic heterocycles. The van der Waals surface area contributed by atoms with Gasteiger partial charge in [0.1, 0.15) is 5.82 Å². The summed E-state index contributed by atoms with van der Waals surface area (Å²) in [6.07, 6.45) is 5.56. The number of piperidine rings is 1. The van der Waals surface area contributed by atoms with Gasteiger partial charge >= 0.3 is 5.97 Å². The number of rotatable bonds is 7. The molecule has 136 valence electrons. The van der Waals surface area contributed by atoms with Gasteiger partial charge in [-0.05, 0) is 44.2 Å². The maximum absolute atomic E-state index is 12.2. The summed E-state index contributed by atoms with van der Waals surface area (Å²) in [6, 6.07) is 3.75. The first-order chi connectivity index (χ1) is 12.0. The summed E-state index contributed by atoms with van der Waals surface area (Å²) < 4.78 is 5.10. The van der Waals surface area contributed by atoms with Crippen LogP contribution >= 0.6 is 0 Å². The highest BCUT2D eigenvalue weighted by molar-refractivity contribution is 5.95. The number of nitrogens with zero attached hydrogens (tertiary/aromatic N) is 2. The van der Waals surface area contributed by atoms with Crippen LogP contribution in [0.4, 0.5) is 5.82 Å². The molecule has 1 saturated heterocycles. The van der Waals surface area contributed by atoms with Crippen molar-refractivity contribution in [3.8, 4) is 0 Å². The summed E-state index contributed by atoms with van der Waals surface area (Å²) in [5, 5.41) is 12.7. The van der Waals surface area contributed by atoms with E-state index in [2.05, 4.69) is 10.3 Å². The fourth-order valence-corrected chi connectivity index (χ4v) is 3.34. The number of carbonyl (C=O) groups excluding carboxylic acids is 1. The Labute approximate surface area is 147 Å². The van der Waals surface area contributed by atoms with Gasteiger partial charge in [0.25, 0.3) is 5.91 Å². The molecule has 2 N–H and O–H groups in total. The molecule has 1 amide bonds. The van der Waals surface area contributed by atoms with Crippen molar-refractivity contribution in [3.05, 3.63) is 23.9 Å². The second-order valence-electron chi connectivity index (χ2n) is 7.00. The highest BCUT2D eigenvalue weighted by Gasteiger charge is 2.42. The normalized spacial score (nSPS) is 23.3. The number of aromatic nitrogens is 1. The molecule has 2 aliphatic rings. The van der Waals surface area contributed by atoms with Crippen LogP contribution in [0.5, 0.6) is 0 Å². The van der Waals surface area contributed by atoms with Crippen molar-refractivity contribution in [1.82, 2.24) is 10.3 Å². The minimum absolute atomic E-state index is 0.0907. The molecule has 2 heterocycles. The lowest BCUT2D eigenvalue weighted by Gasteiger charge is -2.40. The zero-order valence-electron chi connectivity index (χ0n) is 14.5. The lowest BCUT2D eigenvalue weighted by molar-refractivity contribution is -0.150. The van der Waals surface area contributed by atoms with Gasteiger partial charge in [-0.2, -0.15) is 0 Å². The molecule has 7 nitrogen and oxygen atoms in total. The van der Waals surface area contributed by atoms with Gasteiger partial charge in [-0.25, -0.2) is 4.98 Å². The second kappa shape index (κ2) is 7.39. The Morgan fingerprint density at radius 2 is 2.28 bits per heavy atom. The number of pyridine rings is 1. The number of nitrogens with one attached hydrogen (secondary N) is 1. The lowest BCUT2D eigenvalue weighted by Crippen LogP contribution is -2.48. The highest BCUT2D eigenvalue weighted by atomic mass is 16.5. The third kappa shape index (κ3) is 4.10. The van der Waals surface area contributed by atoms with Crippen molar-refractivity contribution >= 4 is 17.7 Å². The third-order valence-corrected chi connectivity index (χ3v) is 5.06. The monoisotopic (exact) mass is 347 g/mol. The van der Waals surface area contributed by atoms with E-state index in [4.69, 9.17) is 4.74 Å². The van der Waals surface area contributed by atoms with E-state index in [1.54, 1.807) is 25.4 Å². The summed E-state index contributed by atoms with van der Waals surface area (Å²) in [5.41, 5.74) is -0.261. The summed E-state index contributed by atoms with van der Waals surface area (Å²) in [7, 11) is 1.58. The standard InChI is InChI=1S/C18H25N3O4/c1-25-10-7-18(17(23)24)6-2-9-21(12-18)15-11-13(5-8-19-15)16(22)20-14-3-4-14/h5,8,11,14H,2-4,6-7,9-10,12H2,1H3,(H,20,22)(H,23,24). The highest BCUT2D eigenvalue weighted by Crippen LogP contribution is 2.35. The van der Waals surface area contributed by atoms with E-state index in [9.17, 15) is 14.7 Å². The maximum Gasteiger partial charge on any atom is 0.311 e. The number of aliphatic carboxylic acids is 1. The zero-order chi connectivity index (χ0) is 17.9. The molecule has 1 aliphatic heterocycles. The maximum atomic E-state index is 12.2. The summed E-state index contributed by atoms with van der Waals surface area (Å²) in [5.74, 6) is -0.227. The van der Waals surface area contributed by atoms with Crippen molar-refractivity contribution in [2.75, 3.05) is 31.7 Å². The molecule has 3 rings (SSSR count). The molecule has 7 heteroatoms. The van der Waals surface area contributed by atoms with Crippen molar-refractivity contribution in [2.45, 2.75) is 38.1 Å². The SMILES string of the molecule is COCCC1(C(=O)O)CCCN(c2cc(C(=O)NC3CC3)ccn2)C1. The van der Waals surface area contributed by atoms with Crippen molar-refractivity contribution in [1.29, 1.82) is 0 Å². The van der Waals surface area contributed by atoms with Crippen LogP contribution < -0.4 is 10.2 Å². The molecule has 25 heavy (non-hydrogen) atoms. The van der Waals surface area contributed by atoms with Crippen molar-refractivity contribution in [3.63, 3.8) is 0 Å². The van der Waals surface area contributed by atoms with Crippen LogP contribution in [0.25, 0.3) is 0 Å². The molecule has 1 unspecified atom stereocenters. The number of methoxy groups -OCH3 is 1. The molecule has 2 fully saturated rings. The minimum atomic E-state index is -0.831. The summed E-state index contributed by atoms with van der Waals surface area (Å²) >= 11 is 0. The van der Waals surface area contributed by atoms with Crippen LogP contribution in [0, 0.1) is 5.41 Å². The Hall–Kier alpha value is -2.15. The van der Waals surface area contributed by atoms with Crippen LogP contribution in [-0.4, -0.2) is 54.8 Å². The van der Waals surface area contributed by atoms with Gasteiger partial charge < -0.3 is 20.1 Å². The number of carboxylic acids is 1. The lowest BCUT2D eigenvalue weighted by atomic mass is 9.77. The number of hydrogen-bond acceptors (Lipinski definition) is 5. The minimum Gasteiger partial charge on any atom is -0.481 e. The van der Waals surface area contributed by atoms with E-state index >= 15 is 0 Å². The summed E-state index contributed by atoms with van der Waals surface area (Å²) in [4.78, 5) is 30.5. The Kier molecular flexibility index (Phi) is 5.22. The molecule has 0 bridgehead atoms.